The van der Waals surface area contributed by atoms with Crippen molar-refractivity contribution in [2.45, 2.75) is 58.6 Å². The number of carbonyl (C=O) groups excluding carboxylic acids is 1. The van der Waals surface area contributed by atoms with Gasteiger partial charge < -0.3 is 15.2 Å². The number of unbranched alkanes of at least 4 members (excludes halogenated alkanes) is 2. The number of hydrogen-bond donors (Lipinski definition) is 2. The van der Waals surface area contributed by atoms with Crippen LogP contribution in [0.1, 0.15) is 50.0 Å². The molecule has 2 aromatic rings. The topological polar surface area (TPSA) is 75.6 Å². The lowest BCUT2D eigenvalue weighted by molar-refractivity contribution is -0.149. The average molecular weight is 418 g/mol. The summed E-state index contributed by atoms with van der Waals surface area (Å²) in [6.07, 6.45) is 3.43. The number of carboxylic acids is 1. The number of Topliss-reactive ketones (excluding diaryl/α,β-unsaturated/α-hetero) is 1. The van der Waals surface area contributed by atoms with E-state index in [1.54, 1.807) is 18.3 Å². The maximum Gasteiger partial charge on any atom is 0.333 e. The molecule has 29 heavy (non-hydrogen) atoms. The Hall–Kier alpha value is -2.02. The lowest BCUT2D eigenvalue weighted by atomic mass is 10.0. The van der Waals surface area contributed by atoms with E-state index >= 15 is 0 Å². The zero-order valence-corrected chi connectivity index (χ0v) is 18.1. The van der Waals surface area contributed by atoms with Crippen LogP contribution in [0.3, 0.4) is 0 Å². The summed E-state index contributed by atoms with van der Waals surface area (Å²) in [5.74, 6) is -0.660. The molecule has 0 saturated carbocycles. The van der Waals surface area contributed by atoms with Crippen LogP contribution in [-0.2, 0) is 27.3 Å². The number of nitrogens with one attached hydrogen (secondary N) is 1. The van der Waals surface area contributed by atoms with Crippen LogP contribution in [0.25, 0.3) is 11.1 Å². The van der Waals surface area contributed by atoms with Crippen LogP contribution >= 0.6 is 11.3 Å². The molecule has 5 nitrogen and oxygen atoms in total. The van der Waals surface area contributed by atoms with Crippen molar-refractivity contribution in [3.05, 3.63) is 46.2 Å². The molecule has 0 aliphatic carbocycles. The van der Waals surface area contributed by atoms with E-state index in [4.69, 9.17) is 4.74 Å². The SMILES string of the molecule is CCCCCC(=O)CNCc1cc(-c2ccc(C[C@H](OCC)C(=O)O)cc2)cs1. The molecule has 1 aromatic carbocycles. The van der Waals surface area contributed by atoms with Crippen molar-refractivity contribution in [3.8, 4) is 11.1 Å². The van der Waals surface area contributed by atoms with Gasteiger partial charge in [-0.05, 0) is 41.5 Å². The number of ketones is 1. The first-order valence-corrected chi connectivity index (χ1v) is 11.1. The van der Waals surface area contributed by atoms with Crippen molar-refractivity contribution in [2.75, 3.05) is 13.2 Å². The Morgan fingerprint density at radius 1 is 1.14 bits per heavy atom. The minimum Gasteiger partial charge on any atom is -0.479 e. The van der Waals surface area contributed by atoms with Crippen LogP contribution < -0.4 is 5.32 Å². The van der Waals surface area contributed by atoms with Crippen molar-refractivity contribution in [1.29, 1.82) is 0 Å². The van der Waals surface area contributed by atoms with Gasteiger partial charge in [-0.3, -0.25) is 4.79 Å². The maximum atomic E-state index is 11.8. The highest BCUT2D eigenvalue weighted by Gasteiger charge is 2.17. The van der Waals surface area contributed by atoms with Crippen LogP contribution in [0.5, 0.6) is 0 Å². The molecule has 2 rings (SSSR count). The zero-order chi connectivity index (χ0) is 21.1. The number of thiophene rings is 1. The van der Waals surface area contributed by atoms with Crippen molar-refractivity contribution in [2.24, 2.45) is 0 Å². The molecule has 2 N–H and O–H groups in total. The molecule has 0 spiro atoms. The van der Waals surface area contributed by atoms with E-state index in [2.05, 4.69) is 23.7 Å². The monoisotopic (exact) mass is 417 g/mol. The van der Waals surface area contributed by atoms with Gasteiger partial charge in [0.1, 0.15) is 5.78 Å². The predicted molar refractivity (Wildman–Crippen MR) is 117 cm³/mol. The minimum absolute atomic E-state index is 0.275. The summed E-state index contributed by atoms with van der Waals surface area (Å²) >= 11 is 1.67. The second-order valence-corrected chi connectivity index (χ2v) is 8.08. The highest BCUT2D eigenvalue weighted by molar-refractivity contribution is 7.10. The number of carbonyl (C=O) groups is 2. The van der Waals surface area contributed by atoms with Gasteiger partial charge in [0.25, 0.3) is 0 Å². The van der Waals surface area contributed by atoms with Gasteiger partial charge in [0, 0.05) is 30.9 Å². The Labute approximate surface area is 177 Å². The molecule has 0 saturated heterocycles. The highest BCUT2D eigenvalue weighted by Crippen LogP contribution is 2.26. The van der Waals surface area contributed by atoms with Gasteiger partial charge >= 0.3 is 5.97 Å². The van der Waals surface area contributed by atoms with Gasteiger partial charge in [-0.1, -0.05) is 44.0 Å². The fourth-order valence-electron chi connectivity index (χ4n) is 3.08. The Kier molecular flexibility index (Phi) is 10.0. The molecular formula is C23H31NO4S. The number of hydrogen-bond acceptors (Lipinski definition) is 5. The Balaban J connectivity index is 1.85. The van der Waals surface area contributed by atoms with Crippen LogP contribution in [0.2, 0.25) is 0 Å². The molecule has 0 unspecified atom stereocenters. The van der Waals surface area contributed by atoms with Crippen molar-refractivity contribution < 1.29 is 19.4 Å². The van der Waals surface area contributed by atoms with E-state index in [0.29, 0.717) is 32.5 Å². The molecule has 0 aliphatic heterocycles. The van der Waals surface area contributed by atoms with Gasteiger partial charge in [-0.15, -0.1) is 11.3 Å². The summed E-state index contributed by atoms with van der Waals surface area (Å²) in [5, 5.41) is 14.6. The first kappa shape index (κ1) is 23.3. The quantitative estimate of drug-likeness (QED) is 0.436. The lowest BCUT2D eigenvalue weighted by Crippen LogP contribution is -2.26. The number of aliphatic carboxylic acids is 1. The van der Waals surface area contributed by atoms with Gasteiger partial charge in [0.2, 0.25) is 0 Å². The summed E-state index contributed by atoms with van der Waals surface area (Å²) in [7, 11) is 0. The largest absolute Gasteiger partial charge is 0.479 e. The first-order valence-electron chi connectivity index (χ1n) is 10.3. The Bertz CT molecular complexity index is 769. The second kappa shape index (κ2) is 12.5. The summed E-state index contributed by atoms with van der Waals surface area (Å²) in [5.41, 5.74) is 3.16. The predicted octanol–water partition coefficient (Wildman–Crippen LogP) is 4.69. The molecule has 6 heteroatoms. The fraction of sp³-hybridized carbons (Fsp3) is 0.478. The Morgan fingerprint density at radius 2 is 1.90 bits per heavy atom. The number of benzene rings is 1. The molecule has 0 bridgehead atoms. The smallest absolute Gasteiger partial charge is 0.333 e. The van der Waals surface area contributed by atoms with Gasteiger partial charge in [-0.2, -0.15) is 0 Å². The maximum absolute atomic E-state index is 11.8. The van der Waals surface area contributed by atoms with Crippen LogP contribution in [0.4, 0.5) is 0 Å². The molecule has 1 heterocycles. The van der Waals surface area contributed by atoms with Gasteiger partial charge in [0.15, 0.2) is 6.10 Å². The third-order valence-corrected chi connectivity index (χ3v) is 5.62. The lowest BCUT2D eigenvalue weighted by Gasteiger charge is -2.12. The molecule has 1 atom stereocenters. The van der Waals surface area contributed by atoms with Crippen molar-refractivity contribution in [3.63, 3.8) is 0 Å². The van der Waals surface area contributed by atoms with E-state index in [0.717, 1.165) is 36.0 Å². The molecule has 0 radical (unpaired) electrons. The molecule has 0 fully saturated rings. The molecule has 1 aromatic heterocycles. The summed E-state index contributed by atoms with van der Waals surface area (Å²) in [6.45, 7) is 5.43. The van der Waals surface area contributed by atoms with Gasteiger partial charge in [0.05, 0.1) is 6.54 Å². The van der Waals surface area contributed by atoms with Crippen LogP contribution in [0.15, 0.2) is 35.7 Å². The van der Waals surface area contributed by atoms with E-state index in [-0.39, 0.29) is 5.78 Å². The second-order valence-electron chi connectivity index (χ2n) is 7.08. The van der Waals surface area contributed by atoms with E-state index in [1.807, 2.05) is 24.3 Å². The van der Waals surface area contributed by atoms with Crippen molar-refractivity contribution in [1.82, 2.24) is 5.32 Å². The highest BCUT2D eigenvalue weighted by atomic mass is 32.1. The normalized spacial score (nSPS) is 12.1. The molecule has 158 valence electrons. The molecule has 0 aliphatic rings. The number of carboxylic acid groups (broad SMARTS) is 1. The van der Waals surface area contributed by atoms with Gasteiger partial charge in [-0.25, -0.2) is 4.79 Å². The number of ether oxygens (including phenoxy) is 1. The summed E-state index contributed by atoms with van der Waals surface area (Å²) < 4.78 is 5.28. The van der Waals surface area contributed by atoms with Crippen LogP contribution in [0, 0.1) is 0 Å². The Morgan fingerprint density at radius 3 is 2.55 bits per heavy atom. The zero-order valence-electron chi connectivity index (χ0n) is 17.3. The number of rotatable bonds is 14. The fourth-order valence-corrected chi connectivity index (χ4v) is 3.94. The van der Waals surface area contributed by atoms with Crippen molar-refractivity contribution >= 4 is 23.1 Å². The van der Waals surface area contributed by atoms with Crippen LogP contribution in [-0.4, -0.2) is 36.1 Å². The van der Waals surface area contributed by atoms with E-state index in [1.165, 1.54) is 4.88 Å². The third-order valence-electron chi connectivity index (χ3n) is 4.69. The third kappa shape index (κ3) is 8.09. The summed E-state index contributed by atoms with van der Waals surface area (Å²) in [6, 6.07) is 10.1. The average Bonchev–Trinajstić information content (AvgIpc) is 3.17. The molecular weight excluding hydrogens is 386 g/mol. The van der Waals surface area contributed by atoms with E-state index in [9.17, 15) is 14.7 Å². The summed E-state index contributed by atoms with van der Waals surface area (Å²) in [4.78, 5) is 24.2. The van der Waals surface area contributed by atoms with E-state index < -0.39 is 12.1 Å². The minimum atomic E-state index is -0.935. The standard InChI is InChI=1S/C23H31NO4S/c1-3-5-6-7-20(25)14-24-15-21-13-19(16-29-21)18-10-8-17(9-11-18)12-22(23(26)27)28-4-2/h8-11,13,16,22,24H,3-7,12,14-15H2,1-2H3,(H,26,27)/t22-/m0/s1. The molecule has 0 amide bonds. The first-order chi connectivity index (χ1) is 14.0.